The topological polar surface area (TPSA) is 42.6 Å². The van der Waals surface area contributed by atoms with Crippen LogP contribution < -0.4 is 11.1 Å². The molecule has 12 heavy (non-hydrogen) atoms. The molecule has 1 saturated carbocycles. The summed E-state index contributed by atoms with van der Waals surface area (Å²) in [5, 5.41) is 2.56. The average Bonchev–Trinajstić information content (AvgIpc) is 2.04. The summed E-state index contributed by atoms with van der Waals surface area (Å²) >= 11 is 0. The first-order valence-corrected chi connectivity index (χ1v) is 5.38. The molecular formula is C10H21N2+. The van der Waals surface area contributed by atoms with Crippen LogP contribution in [0.3, 0.4) is 0 Å². The Labute approximate surface area is 74.9 Å². The summed E-state index contributed by atoms with van der Waals surface area (Å²) in [7, 11) is 0. The lowest BCUT2D eigenvalue weighted by molar-refractivity contribution is -0.736. The van der Waals surface area contributed by atoms with Crippen LogP contribution in [0.4, 0.5) is 0 Å². The number of piperidine rings is 1. The molecule has 70 valence electrons. The van der Waals surface area contributed by atoms with Crippen LogP contribution in [0, 0.1) is 5.92 Å². The Bertz CT molecular complexity index is 158. The molecule has 2 aliphatic rings. The van der Waals surface area contributed by atoms with E-state index in [1.807, 2.05) is 0 Å². The Hall–Kier alpha value is -0.0800. The molecule has 4 N–H and O–H groups in total. The van der Waals surface area contributed by atoms with Crippen LogP contribution in [0.25, 0.3) is 0 Å². The Morgan fingerprint density at radius 1 is 1.25 bits per heavy atom. The van der Waals surface area contributed by atoms with Gasteiger partial charge >= 0.3 is 0 Å². The van der Waals surface area contributed by atoms with Crippen molar-refractivity contribution in [1.82, 2.24) is 0 Å². The van der Waals surface area contributed by atoms with Crippen molar-refractivity contribution in [3.05, 3.63) is 0 Å². The summed E-state index contributed by atoms with van der Waals surface area (Å²) in [6.07, 6.45) is 6.85. The van der Waals surface area contributed by atoms with Gasteiger partial charge in [-0.05, 0) is 26.2 Å². The van der Waals surface area contributed by atoms with Gasteiger partial charge in [0.2, 0.25) is 0 Å². The van der Waals surface area contributed by atoms with E-state index in [2.05, 4.69) is 12.2 Å². The summed E-state index contributed by atoms with van der Waals surface area (Å²) < 4.78 is 0. The Balaban J connectivity index is 2.01. The van der Waals surface area contributed by atoms with Gasteiger partial charge in [-0.1, -0.05) is 6.42 Å². The Morgan fingerprint density at radius 3 is 2.83 bits per heavy atom. The maximum absolute atomic E-state index is 6.16. The van der Waals surface area contributed by atoms with E-state index >= 15 is 0 Å². The lowest BCUT2D eigenvalue weighted by Crippen LogP contribution is -2.99. The molecule has 2 rings (SSSR count). The van der Waals surface area contributed by atoms with Crippen molar-refractivity contribution < 1.29 is 5.32 Å². The first kappa shape index (κ1) is 8.52. The molecule has 4 unspecified atom stereocenters. The van der Waals surface area contributed by atoms with Crippen LogP contribution in [-0.4, -0.2) is 18.1 Å². The summed E-state index contributed by atoms with van der Waals surface area (Å²) in [5.41, 5.74) is 6.16. The molecule has 0 spiro atoms. The molecule has 1 saturated heterocycles. The average molecular weight is 169 g/mol. The van der Waals surface area contributed by atoms with Gasteiger partial charge in [-0.2, -0.15) is 0 Å². The number of hydrogen-bond donors (Lipinski definition) is 2. The van der Waals surface area contributed by atoms with Crippen LogP contribution in [0.15, 0.2) is 0 Å². The third-order valence-corrected chi connectivity index (χ3v) is 3.64. The molecule has 2 fully saturated rings. The fourth-order valence-corrected chi connectivity index (χ4v) is 3.06. The van der Waals surface area contributed by atoms with Gasteiger partial charge in [-0.3, -0.25) is 0 Å². The van der Waals surface area contributed by atoms with E-state index in [0.29, 0.717) is 6.04 Å². The zero-order valence-corrected chi connectivity index (χ0v) is 8.00. The van der Waals surface area contributed by atoms with E-state index in [9.17, 15) is 0 Å². The third kappa shape index (κ3) is 1.50. The van der Waals surface area contributed by atoms with E-state index in [1.165, 1.54) is 32.1 Å². The summed E-state index contributed by atoms with van der Waals surface area (Å²) in [5.74, 6) is 0.829. The van der Waals surface area contributed by atoms with Gasteiger partial charge in [0.25, 0.3) is 0 Å². The maximum atomic E-state index is 6.16. The standard InChI is InChI=1S/C10H20N2/c1-7-6-9(11)8-4-2-3-5-10(8)12-7/h7-10,12H,2-6,11H2,1H3/p+1. The lowest BCUT2D eigenvalue weighted by Gasteiger charge is -2.40. The predicted octanol–water partition coefficient (Wildman–Crippen LogP) is 0.228. The molecule has 0 aromatic carbocycles. The molecule has 0 amide bonds. The maximum Gasteiger partial charge on any atom is 0.0904 e. The molecule has 1 heterocycles. The van der Waals surface area contributed by atoms with E-state index in [1.54, 1.807) is 0 Å². The number of nitrogens with two attached hydrogens (primary N) is 2. The van der Waals surface area contributed by atoms with Crippen molar-refractivity contribution >= 4 is 0 Å². The largest absolute Gasteiger partial charge is 0.341 e. The normalized spacial score (nSPS) is 48.5. The summed E-state index contributed by atoms with van der Waals surface area (Å²) in [4.78, 5) is 0. The van der Waals surface area contributed by atoms with Gasteiger partial charge in [0, 0.05) is 18.4 Å². The van der Waals surface area contributed by atoms with Crippen LogP contribution in [-0.2, 0) is 0 Å². The van der Waals surface area contributed by atoms with E-state index in [4.69, 9.17) is 5.73 Å². The van der Waals surface area contributed by atoms with Crippen molar-refractivity contribution in [1.29, 1.82) is 0 Å². The van der Waals surface area contributed by atoms with Crippen molar-refractivity contribution in [2.24, 2.45) is 11.7 Å². The van der Waals surface area contributed by atoms with Gasteiger partial charge in [0.1, 0.15) is 0 Å². The summed E-state index contributed by atoms with van der Waals surface area (Å²) in [6, 6.07) is 2.12. The molecule has 0 aromatic heterocycles. The van der Waals surface area contributed by atoms with Crippen LogP contribution in [0.5, 0.6) is 0 Å². The molecule has 2 heteroatoms. The first-order valence-electron chi connectivity index (χ1n) is 5.38. The predicted molar refractivity (Wildman–Crippen MR) is 49.7 cm³/mol. The summed E-state index contributed by atoms with van der Waals surface area (Å²) in [6.45, 7) is 2.31. The van der Waals surface area contributed by atoms with Gasteiger partial charge in [0.05, 0.1) is 12.1 Å². The minimum atomic E-state index is 0.496. The minimum absolute atomic E-state index is 0.496. The zero-order valence-electron chi connectivity index (χ0n) is 8.00. The fraction of sp³-hybridized carbons (Fsp3) is 1.00. The molecule has 4 atom stereocenters. The fourth-order valence-electron chi connectivity index (χ4n) is 3.06. The second-order valence-electron chi connectivity index (χ2n) is 4.68. The van der Waals surface area contributed by atoms with Crippen molar-refractivity contribution in [2.45, 2.75) is 57.2 Å². The zero-order chi connectivity index (χ0) is 8.55. The van der Waals surface area contributed by atoms with Crippen molar-refractivity contribution in [3.63, 3.8) is 0 Å². The smallest absolute Gasteiger partial charge is 0.0904 e. The Kier molecular flexibility index (Phi) is 2.37. The molecule has 1 aliphatic heterocycles. The minimum Gasteiger partial charge on any atom is -0.341 e. The highest BCUT2D eigenvalue weighted by Crippen LogP contribution is 2.28. The second kappa shape index (κ2) is 3.35. The molecular weight excluding hydrogens is 148 g/mol. The second-order valence-corrected chi connectivity index (χ2v) is 4.68. The van der Waals surface area contributed by atoms with Crippen molar-refractivity contribution in [3.8, 4) is 0 Å². The molecule has 0 radical (unpaired) electrons. The number of hydrogen-bond acceptors (Lipinski definition) is 1. The van der Waals surface area contributed by atoms with E-state index in [-0.39, 0.29) is 0 Å². The van der Waals surface area contributed by atoms with Gasteiger partial charge in [-0.15, -0.1) is 0 Å². The highest BCUT2D eigenvalue weighted by molar-refractivity contribution is 4.86. The molecule has 0 bridgehead atoms. The first-order chi connectivity index (χ1) is 5.77. The van der Waals surface area contributed by atoms with E-state index < -0.39 is 0 Å². The SMILES string of the molecule is CC1CC(N)C2CCCCC2[NH2+]1. The highest BCUT2D eigenvalue weighted by atomic mass is 15.0. The quantitative estimate of drug-likeness (QED) is 0.535. The van der Waals surface area contributed by atoms with Crippen LogP contribution in [0.2, 0.25) is 0 Å². The van der Waals surface area contributed by atoms with Gasteiger partial charge < -0.3 is 11.1 Å². The van der Waals surface area contributed by atoms with Crippen LogP contribution >= 0.6 is 0 Å². The van der Waals surface area contributed by atoms with Gasteiger partial charge in [-0.25, -0.2) is 0 Å². The number of rotatable bonds is 0. The van der Waals surface area contributed by atoms with Crippen LogP contribution in [0.1, 0.15) is 39.0 Å². The highest BCUT2D eigenvalue weighted by Gasteiger charge is 2.38. The lowest BCUT2D eigenvalue weighted by atomic mass is 9.75. The monoisotopic (exact) mass is 169 g/mol. The third-order valence-electron chi connectivity index (χ3n) is 3.64. The number of quaternary nitrogens is 1. The molecule has 1 aliphatic carbocycles. The molecule has 2 nitrogen and oxygen atoms in total. The van der Waals surface area contributed by atoms with Crippen molar-refractivity contribution in [2.75, 3.05) is 0 Å². The molecule has 0 aromatic rings. The Morgan fingerprint density at radius 2 is 2.00 bits per heavy atom. The van der Waals surface area contributed by atoms with Gasteiger partial charge in [0.15, 0.2) is 0 Å². The number of fused-ring (bicyclic) bond motifs is 1. The van der Waals surface area contributed by atoms with E-state index in [0.717, 1.165) is 18.0 Å².